The van der Waals surface area contributed by atoms with Crippen LogP contribution in [0.25, 0.3) is 11.0 Å². The molecule has 9 heteroatoms. The number of aromatic amines is 1. The van der Waals surface area contributed by atoms with Crippen molar-refractivity contribution >= 4 is 38.7 Å². The summed E-state index contributed by atoms with van der Waals surface area (Å²) < 4.78 is 22.6. The average Bonchev–Trinajstić information content (AvgIpc) is 3.19. The van der Waals surface area contributed by atoms with Gasteiger partial charge in [0.25, 0.3) is 5.91 Å². The zero-order valence-corrected chi connectivity index (χ0v) is 18.0. The Labute approximate surface area is 184 Å². The van der Waals surface area contributed by atoms with Crippen molar-refractivity contribution in [2.24, 2.45) is 5.14 Å². The molecule has 1 amide bonds. The Morgan fingerprint density at radius 1 is 0.968 bits per heavy atom. The molecule has 0 aliphatic rings. The van der Waals surface area contributed by atoms with Crippen LogP contribution < -0.4 is 10.5 Å². The maximum absolute atomic E-state index is 12.4. The van der Waals surface area contributed by atoms with E-state index < -0.39 is 10.0 Å². The molecule has 7 nitrogen and oxygen atoms in total. The number of thioether (sulfide) groups is 1. The molecule has 0 bridgehead atoms. The number of amides is 1. The fraction of sp³-hybridized carbons (Fsp3) is 0.0909. The Hall–Kier alpha value is -3.14. The summed E-state index contributed by atoms with van der Waals surface area (Å²) in [4.78, 5) is 20.3. The van der Waals surface area contributed by atoms with Crippen LogP contribution in [0.3, 0.4) is 0 Å². The normalized spacial score (nSPS) is 11.5. The van der Waals surface area contributed by atoms with Crippen LogP contribution in [0.15, 0.2) is 82.8 Å². The molecule has 4 aromatic rings. The summed E-state index contributed by atoms with van der Waals surface area (Å²) in [6, 6.07) is 21.4. The van der Waals surface area contributed by atoms with Crippen LogP contribution in [-0.2, 0) is 22.3 Å². The summed E-state index contributed by atoms with van der Waals surface area (Å²) in [5, 5.41) is 8.77. The number of H-pyrrole nitrogens is 1. The van der Waals surface area contributed by atoms with Gasteiger partial charge in [-0.05, 0) is 47.5 Å². The SMILES string of the molecule is NS(=O)(=O)c1ccc(CNC(=O)c2ccc(CSc3nc4ccccc4[nH]3)cc2)cc1. The maximum Gasteiger partial charge on any atom is 0.251 e. The lowest BCUT2D eigenvalue weighted by atomic mass is 10.1. The van der Waals surface area contributed by atoms with Gasteiger partial charge in [-0.1, -0.05) is 48.2 Å². The number of sulfonamides is 1. The van der Waals surface area contributed by atoms with Crippen LogP contribution in [0, 0.1) is 0 Å². The molecule has 1 heterocycles. The number of nitrogens with zero attached hydrogens (tertiary/aromatic N) is 1. The van der Waals surface area contributed by atoms with Gasteiger partial charge in [-0.15, -0.1) is 0 Å². The molecule has 0 spiro atoms. The van der Waals surface area contributed by atoms with Gasteiger partial charge in [-0.2, -0.15) is 0 Å². The molecule has 1 aromatic heterocycles. The quantitative estimate of drug-likeness (QED) is 0.371. The number of nitrogens with one attached hydrogen (secondary N) is 2. The predicted molar refractivity (Wildman–Crippen MR) is 121 cm³/mol. The molecule has 0 saturated carbocycles. The monoisotopic (exact) mass is 452 g/mol. The van der Waals surface area contributed by atoms with Gasteiger partial charge in [0, 0.05) is 17.9 Å². The number of rotatable bonds is 7. The highest BCUT2D eigenvalue weighted by atomic mass is 32.2. The van der Waals surface area contributed by atoms with Crippen molar-refractivity contribution in [1.82, 2.24) is 15.3 Å². The number of benzene rings is 3. The molecule has 4 N–H and O–H groups in total. The highest BCUT2D eigenvalue weighted by molar-refractivity contribution is 7.98. The number of aromatic nitrogens is 2. The first kappa shape index (κ1) is 21.1. The highest BCUT2D eigenvalue weighted by Crippen LogP contribution is 2.23. The summed E-state index contributed by atoms with van der Waals surface area (Å²) in [7, 11) is -3.72. The van der Waals surface area contributed by atoms with Gasteiger partial charge in [0.2, 0.25) is 10.0 Å². The average molecular weight is 453 g/mol. The Morgan fingerprint density at radius 2 is 1.65 bits per heavy atom. The topological polar surface area (TPSA) is 118 Å². The number of nitrogens with two attached hydrogens (primary N) is 1. The second kappa shape index (κ2) is 8.93. The van der Waals surface area contributed by atoms with E-state index in [-0.39, 0.29) is 17.3 Å². The van der Waals surface area contributed by atoms with Gasteiger partial charge in [-0.25, -0.2) is 18.5 Å². The van der Waals surface area contributed by atoms with Gasteiger partial charge in [-0.3, -0.25) is 4.79 Å². The molecular formula is C22H20N4O3S2. The lowest BCUT2D eigenvalue weighted by Crippen LogP contribution is -2.22. The van der Waals surface area contributed by atoms with Crippen molar-refractivity contribution in [1.29, 1.82) is 0 Å². The molecular weight excluding hydrogens is 432 g/mol. The van der Waals surface area contributed by atoms with Crippen LogP contribution in [0.4, 0.5) is 0 Å². The van der Waals surface area contributed by atoms with Crippen molar-refractivity contribution in [3.63, 3.8) is 0 Å². The number of fused-ring (bicyclic) bond motifs is 1. The highest BCUT2D eigenvalue weighted by Gasteiger charge is 2.09. The fourth-order valence-electron chi connectivity index (χ4n) is 2.98. The van der Waals surface area contributed by atoms with Crippen molar-refractivity contribution < 1.29 is 13.2 Å². The summed E-state index contributed by atoms with van der Waals surface area (Å²) in [6.45, 7) is 0.285. The lowest BCUT2D eigenvalue weighted by Gasteiger charge is -2.07. The van der Waals surface area contributed by atoms with E-state index in [1.54, 1.807) is 36.0 Å². The van der Waals surface area contributed by atoms with Crippen LogP contribution in [0.5, 0.6) is 0 Å². The molecule has 3 aromatic carbocycles. The van der Waals surface area contributed by atoms with Gasteiger partial charge in [0.15, 0.2) is 5.16 Å². The molecule has 4 rings (SSSR count). The molecule has 0 atom stereocenters. The van der Waals surface area contributed by atoms with E-state index in [2.05, 4.69) is 15.3 Å². The van der Waals surface area contributed by atoms with Crippen molar-refractivity contribution in [2.45, 2.75) is 22.3 Å². The third-order valence-electron chi connectivity index (χ3n) is 4.66. The number of carbonyl (C=O) groups is 1. The predicted octanol–water partition coefficient (Wildman–Crippen LogP) is 3.43. The lowest BCUT2D eigenvalue weighted by molar-refractivity contribution is 0.0951. The van der Waals surface area contributed by atoms with Crippen molar-refractivity contribution in [2.75, 3.05) is 0 Å². The van der Waals surface area contributed by atoms with Crippen molar-refractivity contribution in [3.05, 3.63) is 89.5 Å². The molecule has 0 aliphatic carbocycles. The number of imidazole rings is 1. The Bertz CT molecular complexity index is 1280. The minimum Gasteiger partial charge on any atom is -0.348 e. The standard InChI is InChI=1S/C22H20N4O3S2/c23-31(28,29)18-11-7-15(8-12-18)13-24-21(27)17-9-5-16(6-10-17)14-30-22-25-19-3-1-2-4-20(19)26-22/h1-12H,13-14H2,(H,24,27)(H,25,26)(H2,23,28,29). The van der Waals surface area contributed by atoms with Crippen LogP contribution in [0.1, 0.15) is 21.5 Å². The van der Waals surface area contributed by atoms with Crippen LogP contribution in [0.2, 0.25) is 0 Å². The Morgan fingerprint density at radius 3 is 2.32 bits per heavy atom. The number of carbonyl (C=O) groups excluding carboxylic acids is 1. The maximum atomic E-state index is 12.4. The zero-order valence-electron chi connectivity index (χ0n) is 16.4. The third kappa shape index (κ3) is 5.32. The molecule has 0 fully saturated rings. The summed E-state index contributed by atoms with van der Waals surface area (Å²) in [6.07, 6.45) is 0. The second-order valence-corrected chi connectivity index (χ2v) is 9.44. The molecule has 0 aliphatic heterocycles. The van der Waals surface area contributed by atoms with Crippen LogP contribution in [-0.4, -0.2) is 24.3 Å². The smallest absolute Gasteiger partial charge is 0.251 e. The van der Waals surface area contributed by atoms with E-state index >= 15 is 0 Å². The van der Waals surface area contributed by atoms with Gasteiger partial charge in [0.05, 0.1) is 15.9 Å². The summed E-state index contributed by atoms with van der Waals surface area (Å²) >= 11 is 1.60. The molecule has 0 saturated heterocycles. The minimum absolute atomic E-state index is 0.0404. The number of hydrogen-bond acceptors (Lipinski definition) is 5. The summed E-state index contributed by atoms with van der Waals surface area (Å²) in [5.41, 5.74) is 4.37. The zero-order chi connectivity index (χ0) is 21.8. The van der Waals surface area contributed by atoms with Crippen molar-refractivity contribution in [3.8, 4) is 0 Å². The first-order valence-electron chi connectivity index (χ1n) is 9.45. The van der Waals surface area contributed by atoms with E-state index in [0.717, 1.165) is 33.1 Å². The number of para-hydroxylation sites is 2. The third-order valence-corrected chi connectivity index (χ3v) is 6.54. The summed E-state index contributed by atoms with van der Waals surface area (Å²) in [5.74, 6) is 0.532. The number of primary sulfonamides is 1. The van der Waals surface area contributed by atoms with Gasteiger partial charge in [0.1, 0.15) is 0 Å². The van der Waals surface area contributed by atoms with E-state index in [0.29, 0.717) is 5.56 Å². The molecule has 158 valence electrons. The van der Waals surface area contributed by atoms with Gasteiger partial charge < -0.3 is 10.3 Å². The van der Waals surface area contributed by atoms with E-state index in [4.69, 9.17) is 5.14 Å². The largest absolute Gasteiger partial charge is 0.348 e. The second-order valence-electron chi connectivity index (χ2n) is 6.92. The molecule has 31 heavy (non-hydrogen) atoms. The van der Waals surface area contributed by atoms with Gasteiger partial charge >= 0.3 is 0 Å². The molecule has 0 radical (unpaired) electrons. The Balaban J connectivity index is 1.31. The van der Waals surface area contributed by atoms with E-state index in [1.165, 1.54) is 12.1 Å². The fourth-order valence-corrected chi connectivity index (χ4v) is 4.34. The Kier molecular flexibility index (Phi) is 6.08. The van der Waals surface area contributed by atoms with E-state index in [1.807, 2.05) is 36.4 Å². The first-order chi connectivity index (χ1) is 14.9. The molecule has 0 unspecified atom stereocenters. The van der Waals surface area contributed by atoms with E-state index in [9.17, 15) is 13.2 Å². The number of hydrogen-bond donors (Lipinski definition) is 3. The van der Waals surface area contributed by atoms with Crippen LogP contribution >= 0.6 is 11.8 Å². The first-order valence-corrected chi connectivity index (χ1v) is 12.0. The minimum atomic E-state index is -3.72.